The van der Waals surface area contributed by atoms with E-state index in [1.54, 1.807) is 12.4 Å². The van der Waals surface area contributed by atoms with Crippen molar-refractivity contribution < 1.29 is 19.8 Å². The molecule has 1 aromatic carbocycles. The van der Waals surface area contributed by atoms with Gasteiger partial charge in [0.15, 0.2) is 11.4 Å². The maximum atomic E-state index is 11.0. The van der Waals surface area contributed by atoms with Crippen LogP contribution in [0.1, 0.15) is 20.7 Å². The molecule has 0 atom stereocenters. The van der Waals surface area contributed by atoms with E-state index >= 15 is 0 Å². The summed E-state index contributed by atoms with van der Waals surface area (Å²) in [5.41, 5.74) is -0.253. The van der Waals surface area contributed by atoms with Gasteiger partial charge in [-0.05, 0) is 24.5 Å². The lowest BCUT2D eigenvalue weighted by Crippen LogP contribution is -2.13. The predicted molar refractivity (Wildman–Crippen MR) is 69.7 cm³/mol. The molecule has 1 aromatic rings. The molecule has 1 rings (SSSR count). The average Bonchev–Trinajstić information content (AvgIpc) is 2.37. The minimum Gasteiger partial charge on any atom is -0.478 e. The first kappa shape index (κ1) is 14.5. The molecular weight excluding hydrogens is 270 g/mol. The Morgan fingerprint density at radius 1 is 1.37 bits per heavy atom. The molecule has 0 radical (unpaired) electrons. The van der Waals surface area contributed by atoms with Crippen LogP contribution in [-0.4, -0.2) is 33.6 Å². The summed E-state index contributed by atoms with van der Waals surface area (Å²) >= 11 is 1.10. The van der Waals surface area contributed by atoms with Gasteiger partial charge in [-0.15, -0.1) is 0 Å². The van der Waals surface area contributed by atoms with Crippen molar-refractivity contribution >= 4 is 34.6 Å². The van der Waals surface area contributed by atoms with Crippen molar-refractivity contribution in [3.8, 4) is 6.19 Å². The minimum atomic E-state index is -1.23. The number of carboxylic acid groups (broad SMARTS) is 2. The maximum absolute atomic E-state index is 11.0. The van der Waals surface area contributed by atoms with Crippen molar-refractivity contribution in [1.82, 2.24) is 5.32 Å². The number of hydrogen-bond acceptors (Lipinski definition) is 5. The topological polar surface area (TPSA) is 123 Å². The Morgan fingerprint density at radius 3 is 2.53 bits per heavy atom. The third-order valence-corrected chi connectivity index (χ3v) is 2.63. The number of rotatable bonds is 3. The second-order valence-electron chi connectivity index (χ2n) is 3.20. The van der Waals surface area contributed by atoms with E-state index in [2.05, 4.69) is 10.3 Å². The van der Waals surface area contributed by atoms with E-state index in [0.29, 0.717) is 0 Å². The molecule has 0 heterocycles. The number of nitrogens with one attached hydrogen (secondary N) is 1. The number of amidine groups is 1. The zero-order chi connectivity index (χ0) is 14.4. The maximum Gasteiger partial charge on any atom is 0.337 e. The zero-order valence-electron chi connectivity index (χ0n) is 9.75. The van der Waals surface area contributed by atoms with Gasteiger partial charge < -0.3 is 10.2 Å². The predicted octanol–water partition coefficient (Wildman–Crippen LogP) is 1.50. The molecule has 3 N–H and O–H groups in total. The van der Waals surface area contributed by atoms with Crippen LogP contribution in [0.5, 0.6) is 0 Å². The van der Waals surface area contributed by atoms with Gasteiger partial charge in [0.1, 0.15) is 0 Å². The quantitative estimate of drug-likeness (QED) is 0.331. The van der Waals surface area contributed by atoms with Crippen molar-refractivity contribution in [3.05, 3.63) is 29.3 Å². The van der Waals surface area contributed by atoms with Gasteiger partial charge in [-0.2, -0.15) is 5.26 Å². The molecule has 0 aromatic heterocycles. The van der Waals surface area contributed by atoms with Gasteiger partial charge in [-0.1, -0.05) is 11.8 Å². The van der Waals surface area contributed by atoms with E-state index in [-0.39, 0.29) is 22.0 Å². The van der Waals surface area contributed by atoms with Gasteiger partial charge in [-0.25, -0.2) is 14.6 Å². The molecule has 0 aliphatic carbocycles. The van der Waals surface area contributed by atoms with Crippen LogP contribution in [0.25, 0.3) is 0 Å². The summed E-state index contributed by atoms with van der Waals surface area (Å²) in [5, 5.41) is 28.8. The van der Waals surface area contributed by atoms with Crippen LogP contribution < -0.4 is 5.32 Å². The Kier molecular flexibility index (Phi) is 4.91. The number of nitriles is 1. The molecule has 98 valence electrons. The lowest BCUT2D eigenvalue weighted by Gasteiger charge is -2.05. The molecule has 0 fully saturated rings. The molecule has 0 aliphatic rings. The van der Waals surface area contributed by atoms with Gasteiger partial charge in [-0.3, -0.25) is 5.32 Å². The van der Waals surface area contributed by atoms with Crippen molar-refractivity contribution in [2.45, 2.75) is 0 Å². The van der Waals surface area contributed by atoms with Crippen molar-refractivity contribution in [3.63, 3.8) is 0 Å². The monoisotopic (exact) mass is 279 g/mol. The number of carboxylic acids is 2. The Balaban J connectivity index is 3.36. The summed E-state index contributed by atoms with van der Waals surface area (Å²) in [6.07, 6.45) is 3.30. The Labute approximate surface area is 112 Å². The fourth-order valence-corrected chi connectivity index (χ4v) is 1.56. The van der Waals surface area contributed by atoms with Gasteiger partial charge in [0, 0.05) is 0 Å². The highest BCUT2D eigenvalue weighted by molar-refractivity contribution is 8.13. The van der Waals surface area contributed by atoms with E-state index < -0.39 is 11.9 Å². The molecule has 0 unspecified atom stereocenters. The van der Waals surface area contributed by atoms with E-state index in [4.69, 9.17) is 15.5 Å². The standard InChI is InChI=1S/C11H9N3O4S/c1-19-11(13-5-12)14-8-4-6(9(15)16)2-3-7(8)10(17)18/h2-4H,1H3,(H,13,14)(H,15,16)(H,17,18). The Hall–Kier alpha value is -2.53. The summed E-state index contributed by atoms with van der Waals surface area (Å²) in [7, 11) is 0. The molecular formula is C11H9N3O4S. The van der Waals surface area contributed by atoms with Crippen LogP contribution in [0, 0.1) is 11.5 Å². The molecule has 0 bridgehead atoms. The molecule has 0 amide bonds. The van der Waals surface area contributed by atoms with Crippen LogP contribution in [0.4, 0.5) is 5.69 Å². The smallest absolute Gasteiger partial charge is 0.337 e. The first-order valence-electron chi connectivity index (χ1n) is 4.88. The first-order valence-corrected chi connectivity index (χ1v) is 6.10. The third kappa shape index (κ3) is 3.72. The summed E-state index contributed by atoms with van der Waals surface area (Å²) in [6.45, 7) is 0. The number of hydrogen-bond donors (Lipinski definition) is 3. The fourth-order valence-electron chi connectivity index (χ4n) is 1.22. The van der Waals surface area contributed by atoms with E-state index in [9.17, 15) is 9.59 Å². The summed E-state index contributed by atoms with van der Waals surface area (Å²) in [5.74, 6) is -2.42. The van der Waals surface area contributed by atoms with Crippen LogP contribution in [0.3, 0.4) is 0 Å². The molecule has 0 saturated heterocycles. The fraction of sp³-hybridized carbons (Fsp3) is 0.0909. The lowest BCUT2D eigenvalue weighted by molar-refractivity contribution is 0.0682. The molecule has 0 spiro atoms. The van der Waals surface area contributed by atoms with Crippen LogP contribution in [0.2, 0.25) is 0 Å². The van der Waals surface area contributed by atoms with E-state index in [0.717, 1.165) is 23.9 Å². The van der Waals surface area contributed by atoms with Gasteiger partial charge in [0.05, 0.1) is 16.8 Å². The number of thioether (sulfide) groups is 1. The number of benzene rings is 1. The average molecular weight is 279 g/mol. The number of aromatic carboxylic acids is 2. The highest BCUT2D eigenvalue weighted by atomic mass is 32.2. The summed E-state index contributed by atoms with van der Waals surface area (Å²) in [6, 6.07) is 3.48. The number of nitrogens with zero attached hydrogens (tertiary/aromatic N) is 2. The minimum absolute atomic E-state index is 0.0282. The Morgan fingerprint density at radius 2 is 2.05 bits per heavy atom. The molecule has 8 heteroatoms. The highest BCUT2D eigenvalue weighted by Gasteiger charge is 2.13. The van der Waals surface area contributed by atoms with E-state index in [1.165, 1.54) is 6.07 Å². The summed E-state index contributed by atoms with van der Waals surface area (Å²) in [4.78, 5) is 25.8. The zero-order valence-corrected chi connectivity index (χ0v) is 10.6. The van der Waals surface area contributed by atoms with Gasteiger partial charge >= 0.3 is 11.9 Å². The normalized spacial score (nSPS) is 10.6. The summed E-state index contributed by atoms with van der Waals surface area (Å²) < 4.78 is 0. The molecule has 0 aliphatic heterocycles. The van der Waals surface area contributed by atoms with Crippen LogP contribution in [-0.2, 0) is 0 Å². The van der Waals surface area contributed by atoms with Gasteiger partial charge in [0.2, 0.25) is 0 Å². The second kappa shape index (κ2) is 6.42. The second-order valence-corrected chi connectivity index (χ2v) is 4.00. The van der Waals surface area contributed by atoms with Crippen molar-refractivity contribution in [2.75, 3.05) is 6.26 Å². The molecule has 19 heavy (non-hydrogen) atoms. The highest BCUT2D eigenvalue weighted by Crippen LogP contribution is 2.22. The molecule has 7 nitrogen and oxygen atoms in total. The largest absolute Gasteiger partial charge is 0.478 e. The van der Waals surface area contributed by atoms with Crippen molar-refractivity contribution in [1.29, 1.82) is 5.26 Å². The van der Waals surface area contributed by atoms with Crippen LogP contribution >= 0.6 is 11.8 Å². The first-order chi connectivity index (χ1) is 8.99. The SMILES string of the molecule is CSC(=Nc1cc(C(=O)O)ccc1C(=O)O)NC#N. The molecule has 0 saturated carbocycles. The van der Waals surface area contributed by atoms with Gasteiger partial charge in [0.25, 0.3) is 0 Å². The van der Waals surface area contributed by atoms with E-state index in [1.807, 2.05) is 0 Å². The van der Waals surface area contributed by atoms with Crippen LogP contribution in [0.15, 0.2) is 23.2 Å². The number of aliphatic imine (C=N–C) groups is 1. The lowest BCUT2D eigenvalue weighted by atomic mass is 10.1. The third-order valence-electron chi connectivity index (χ3n) is 2.05. The Bertz CT molecular complexity index is 592. The number of carbonyl (C=O) groups is 2. The van der Waals surface area contributed by atoms with Crippen molar-refractivity contribution in [2.24, 2.45) is 4.99 Å².